The summed E-state index contributed by atoms with van der Waals surface area (Å²) in [5, 5.41) is 0.382. The van der Waals surface area contributed by atoms with E-state index in [9.17, 15) is 9.59 Å². The molecular weight excluding hydrogens is 921 g/mol. The number of carbonyl (C=O) groups excluding carboxylic acids is 1. The number of nitrogens with two attached hydrogens (primary N) is 2. The number of anilines is 3. The predicted octanol–water partition coefficient (Wildman–Crippen LogP) is 8.89. The van der Waals surface area contributed by atoms with Crippen molar-refractivity contribution in [2.45, 2.75) is 53.0 Å². The molecule has 9 rings (SSSR count). The molecule has 0 atom stereocenters. The molecule has 1 amide bonds. The molecule has 2 saturated heterocycles. The fourth-order valence-electron chi connectivity index (χ4n) is 8.87. The van der Waals surface area contributed by atoms with Gasteiger partial charge in [-0.1, -0.05) is 78.9 Å². The van der Waals surface area contributed by atoms with Gasteiger partial charge in [-0.25, -0.2) is 4.98 Å². The van der Waals surface area contributed by atoms with Crippen molar-refractivity contribution in [1.82, 2.24) is 19.8 Å². The highest BCUT2D eigenvalue weighted by Crippen LogP contribution is 2.34. The molecule has 384 valence electrons. The first kappa shape index (κ1) is 53.1. The van der Waals surface area contributed by atoms with Gasteiger partial charge in [-0.05, 0) is 87.4 Å². The van der Waals surface area contributed by atoms with Crippen LogP contribution >= 0.6 is 0 Å². The molecule has 0 saturated carbocycles. The Bertz CT molecular complexity index is 2940. The second-order valence-electron chi connectivity index (χ2n) is 18.4. The van der Waals surface area contributed by atoms with E-state index < -0.39 is 5.91 Å². The number of H-pyrrole nitrogens is 1. The number of nitrogen functional groups attached to an aromatic ring is 1. The van der Waals surface area contributed by atoms with Crippen molar-refractivity contribution in [2.24, 2.45) is 5.73 Å². The highest BCUT2D eigenvalue weighted by molar-refractivity contribution is 6.02. The third kappa shape index (κ3) is 13.8. The average molecular weight is 991 g/mol. The summed E-state index contributed by atoms with van der Waals surface area (Å²) in [5.41, 5.74) is 17.1. The van der Waals surface area contributed by atoms with E-state index in [1.165, 1.54) is 12.8 Å². The molecule has 73 heavy (non-hydrogen) atoms. The van der Waals surface area contributed by atoms with Crippen molar-refractivity contribution >= 4 is 33.9 Å². The summed E-state index contributed by atoms with van der Waals surface area (Å²) in [6.45, 7) is 18.3. The molecule has 0 spiro atoms. The first-order valence-corrected chi connectivity index (χ1v) is 24.8. The first-order valence-electron chi connectivity index (χ1n) is 24.8. The van der Waals surface area contributed by atoms with Crippen LogP contribution in [-0.4, -0.2) is 111 Å². The summed E-state index contributed by atoms with van der Waals surface area (Å²) < 4.78 is 27.5. The van der Waals surface area contributed by atoms with Gasteiger partial charge in [0, 0.05) is 87.4 Å². The van der Waals surface area contributed by atoms with Crippen LogP contribution in [0.15, 0.2) is 138 Å². The van der Waals surface area contributed by atoms with E-state index in [1.807, 2.05) is 84.9 Å². The van der Waals surface area contributed by atoms with Crippen LogP contribution in [0.25, 0.3) is 22.3 Å². The molecule has 2 aliphatic heterocycles. The SMILES string of the molecule is COc1ccc(OCc2ccccc2)c(N)c1C(N)=O.COc1ccc(OCc2ccccc2)c2nc(-c3cccc(N4CCN(C(C)C)CC4)c3)[nH]c(=O)c12.COc1cccc(N2CCN(C(C)C)CC2)c1. The molecule has 15 heteroatoms. The van der Waals surface area contributed by atoms with Crippen molar-refractivity contribution in [3.63, 3.8) is 0 Å². The Morgan fingerprint density at radius 2 is 1.08 bits per heavy atom. The third-order valence-electron chi connectivity index (χ3n) is 13.1. The largest absolute Gasteiger partial charge is 0.497 e. The van der Waals surface area contributed by atoms with E-state index in [2.05, 4.69) is 82.6 Å². The summed E-state index contributed by atoms with van der Waals surface area (Å²) in [5.74, 6) is 2.55. The minimum absolute atomic E-state index is 0.137. The first-order chi connectivity index (χ1) is 35.4. The summed E-state index contributed by atoms with van der Waals surface area (Å²) >= 11 is 0. The molecule has 2 aliphatic rings. The number of nitrogens with one attached hydrogen (secondary N) is 1. The number of methoxy groups -OCH3 is 3. The fourth-order valence-corrected chi connectivity index (χ4v) is 8.87. The number of hydrogen-bond donors (Lipinski definition) is 3. The lowest BCUT2D eigenvalue weighted by molar-refractivity contribution is 0.0997. The number of aromatic nitrogens is 2. The van der Waals surface area contributed by atoms with Gasteiger partial charge in [0.2, 0.25) is 0 Å². The van der Waals surface area contributed by atoms with Gasteiger partial charge < -0.3 is 49.9 Å². The number of rotatable bonds is 15. The topological polar surface area (TPSA) is 174 Å². The number of piperazine rings is 2. The molecule has 5 N–H and O–H groups in total. The summed E-state index contributed by atoms with van der Waals surface area (Å²) in [7, 11) is 4.72. The zero-order valence-corrected chi connectivity index (χ0v) is 43.2. The Kier molecular flexibility index (Phi) is 18.6. The number of ether oxygens (including phenoxy) is 5. The van der Waals surface area contributed by atoms with Crippen LogP contribution in [0.4, 0.5) is 17.1 Å². The predicted molar refractivity (Wildman–Crippen MR) is 293 cm³/mol. The molecule has 3 heterocycles. The van der Waals surface area contributed by atoms with Crippen LogP contribution in [0.5, 0.6) is 28.7 Å². The highest BCUT2D eigenvalue weighted by Gasteiger charge is 2.22. The Hall–Kier alpha value is -7.75. The number of nitrogens with zero attached hydrogens (tertiary/aromatic N) is 5. The van der Waals surface area contributed by atoms with Crippen LogP contribution in [-0.2, 0) is 13.2 Å². The lowest BCUT2D eigenvalue weighted by Gasteiger charge is -2.38. The number of fused-ring (bicyclic) bond motifs is 1. The van der Waals surface area contributed by atoms with Gasteiger partial charge in [-0.3, -0.25) is 19.4 Å². The van der Waals surface area contributed by atoms with Gasteiger partial charge in [0.15, 0.2) is 0 Å². The molecule has 2 fully saturated rings. The van der Waals surface area contributed by atoms with E-state index in [-0.39, 0.29) is 16.8 Å². The van der Waals surface area contributed by atoms with Crippen molar-refractivity contribution in [2.75, 3.05) is 89.2 Å². The summed E-state index contributed by atoms with van der Waals surface area (Å²) in [4.78, 5) is 42.3. The van der Waals surface area contributed by atoms with Gasteiger partial charge in [-0.2, -0.15) is 0 Å². The monoisotopic (exact) mass is 991 g/mol. The van der Waals surface area contributed by atoms with E-state index in [1.54, 1.807) is 32.4 Å². The zero-order valence-electron chi connectivity index (χ0n) is 43.2. The van der Waals surface area contributed by atoms with E-state index in [0.717, 1.165) is 80.5 Å². The molecule has 7 aromatic rings. The Morgan fingerprint density at radius 3 is 1.60 bits per heavy atom. The van der Waals surface area contributed by atoms with Gasteiger partial charge in [-0.15, -0.1) is 0 Å². The smallest absolute Gasteiger partial charge is 0.262 e. The van der Waals surface area contributed by atoms with E-state index >= 15 is 0 Å². The van der Waals surface area contributed by atoms with Gasteiger partial charge >= 0.3 is 0 Å². The summed E-state index contributed by atoms with van der Waals surface area (Å²) in [6, 6.07) is 44.1. The van der Waals surface area contributed by atoms with Gasteiger partial charge in [0.1, 0.15) is 64.3 Å². The van der Waals surface area contributed by atoms with Crippen molar-refractivity contribution in [3.05, 3.63) is 161 Å². The maximum atomic E-state index is 13.2. The average Bonchev–Trinajstić information content (AvgIpc) is 3.42. The molecule has 0 unspecified atom stereocenters. The third-order valence-corrected chi connectivity index (χ3v) is 13.1. The zero-order chi connectivity index (χ0) is 51.9. The van der Waals surface area contributed by atoms with E-state index in [4.69, 9.17) is 40.1 Å². The summed E-state index contributed by atoms with van der Waals surface area (Å²) in [6.07, 6.45) is 0. The van der Waals surface area contributed by atoms with Crippen LogP contribution in [0.1, 0.15) is 49.2 Å². The lowest BCUT2D eigenvalue weighted by Crippen LogP contribution is -2.48. The molecular formula is C58H70N8O7. The number of primary amides is 1. The Balaban J connectivity index is 0.000000178. The number of benzene rings is 6. The lowest BCUT2D eigenvalue weighted by atomic mass is 10.1. The van der Waals surface area contributed by atoms with Gasteiger partial charge in [0.05, 0.1) is 27.0 Å². The minimum Gasteiger partial charge on any atom is -0.497 e. The Morgan fingerprint density at radius 1 is 0.589 bits per heavy atom. The number of hydrogen-bond acceptors (Lipinski definition) is 13. The standard InChI is InChI=1S/C29H32N4O3.C15H16N2O3.C14H22N2O/c1-20(2)32-14-16-33(17-15-32)23-11-7-10-22(18-23)28-30-27-25(36-19-21-8-5-4-6-9-21)13-12-24(35-3)26(27)29(34)31-28;1-19-11-7-8-12(14(16)13(11)15(17)18)20-9-10-5-3-2-4-6-10;1-12(2)15-7-9-16(10-8-15)13-5-4-6-14(11-13)17-3/h4-13,18,20H,14-17,19H2,1-3H3,(H,30,31,34);2-8H,9,16H2,1H3,(H2,17,18);4-6,11-12H,7-10H2,1-3H3. The minimum atomic E-state index is -0.649. The molecule has 15 nitrogen and oxygen atoms in total. The van der Waals surface area contributed by atoms with Crippen molar-refractivity contribution in [1.29, 1.82) is 0 Å². The molecule has 0 bridgehead atoms. The van der Waals surface area contributed by atoms with E-state index in [0.29, 0.717) is 65.0 Å². The van der Waals surface area contributed by atoms with Crippen LogP contribution in [0, 0.1) is 0 Å². The quantitative estimate of drug-likeness (QED) is 0.0832. The van der Waals surface area contributed by atoms with Crippen molar-refractivity contribution < 1.29 is 28.5 Å². The number of amides is 1. The Labute approximate surface area is 429 Å². The maximum Gasteiger partial charge on any atom is 0.262 e. The number of aromatic amines is 1. The molecule has 0 aliphatic carbocycles. The van der Waals surface area contributed by atoms with Crippen LogP contribution in [0.3, 0.4) is 0 Å². The second kappa shape index (κ2) is 25.6. The fraction of sp³-hybridized carbons (Fsp3) is 0.328. The molecule has 1 aromatic heterocycles. The maximum absolute atomic E-state index is 13.2. The highest BCUT2D eigenvalue weighted by atomic mass is 16.5. The van der Waals surface area contributed by atoms with Crippen LogP contribution in [0.2, 0.25) is 0 Å². The molecule has 6 aromatic carbocycles. The van der Waals surface area contributed by atoms with Gasteiger partial charge in [0.25, 0.3) is 11.5 Å². The normalized spacial score (nSPS) is 13.9. The van der Waals surface area contributed by atoms with Crippen LogP contribution < -0.4 is 50.5 Å². The second-order valence-corrected chi connectivity index (χ2v) is 18.4. The number of carbonyl (C=O) groups is 1. The molecule has 0 radical (unpaired) electrons. The van der Waals surface area contributed by atoms with Crippen molar-refractivity contribution in [3.8, 4) is 40.1 Å².